The van der Waals surface area contributed by atoms with Gasteiger partial charge in [0.25, 0.3) is 5.91 Å². The molecule has 0 saturated carbocycles. The van der Waals surface area contributed by atoms with Crippen LogP contribution in [0, 0.1) is 6.92 Å². The van der Waals surface area contributed by atoms with Gasteiger partial charge >= 0.3 is 5.97 Å². The van der Waals surface area contributed by atoms with Gasteiger partial charge in [-0.05, 0) is 37.4 Å². The SMILES string of the molecule is Cc1ccc(C(=O)CCC(=O)O[C@H](C)C(=O)Nc2cccc3ccccc23)s1. The number of nitrogens with one attached hydrogen (secondary N) is 1. The number of benzene rings is 2. The van der Waals surface area contributed by atoms with Crippen molar-refractivity contribution in [3.8, 4) is 0 Å². The third kappa shape index (κ3) is 4.84. The highest BCUT2D eigenvalue weighted by Gasteiger charge is 2.19. The largest absolute Gasteiger partial charge is 0.453 e. The van der Waals surface area contributed by atoms with Crippen molar-refractivity contribution in [2.24, 2.45) is 0 Å². The van der Waals surface area contributed by atoms with Gasteiger partial charge in [0, 0.05) is 22.4 Å². The Morgan fingerprint density at radius 3 is 2.50 bits per heavy atom. The number of anilines is 1. The number of carbonyl (C=O) groups is 3. The summed E-state index contributed by atoms with van der Waals surface area (Å²) in [4.78, 5) is 38.2. The van der Waals surface area contributed by atoms with E-state index in [1.54, 1.807) is 12.1 Å². The molecular formula is C22H21NO4S. The number of hydrogen-bond acceptors (Lipinski definition) is 5. The second-order valence-corrected chi connectivity index (χ2v) is 7.77. The minimum Gasteiger partial charge on any atom is -0.453 e. The van der Waals surface area contributed by atoms with Crippen LogP contribution in [0.1, 0.15) is 34.3 Å². The summed E-state index contributed by atoms with van der Waals surface area (Å²) in [6, 6.07) is 16.9. The predicted molar refractivity (Wildman–Crippen MR) is 111 cm³/mol. The summed E-state index contributed by atoms with van der Waals surface area (Å²) in [7, 11) is 0. The van der Waals surface area contributed by atoms with Crippen molar-refractivity contribution in [1.82, 2.24) is 0 Å². The fourth-order valence-electron chi connectivity index (χ4n) is 2.80. The molecule has 0 aliphatic carbocycles. The maximum Gasteiger partial charge on any atom is 0.307 e. The van der Waals surface area contributed by atoms with E-state index < -0.39 is 18.0 Å². The summed E-state index contributed by atoms with van der Waals surface area (Å²) in [5, 5.41) is 4.72. The molecule has 144 valence electrons. The van der Waals surface area contributed by atoms with Gasteiger partial charge in [-0.1, -0.05) is 36.4 Å². The quantitative estimate of drug-likeness (QED) is 0.463. The van der Waals surface area contributed by atoms with E-state index in [1.165, 1.54) is 18.3 Å². The molecular weight excluding hydrogens is 374 g/mol. The summed E-state index contributed by atoms with van der Waals surface area (Å²) in [6.07, 6.45) is -0.941. The number of ether oxygens (including phenoxy) is 1. The lowest BCUT2D eigenvalue weighted by Crippen LogP contribution is -2.30. The lowest BCUT2D eigenvalue weighted by molar-refractivity contribution is -0.153. The molecule has 1 atom stereocenters. The third-order valence-corrected chi connectivity index (χ3v) is 5.34. The highest BCUT2D eigenvalue weighted by molar-refractivity contribution is 7.14. The Morgan fingerprint density at radius 2 is 1.75 bits per heavy atom. The Hall–Kier alpha value is -2.99. The molecule has 0 aliphatic rings. The molecule has 0 bridgehead atoms. The van der Waals surface area contributed by atoms with Crippen molar-refractivity contribution in [3.05, 3.63) is 64.4 Å². The number of thiophene rings is 1. The lowest BCUT2D eigenvalue weighted by atomic mass is 10.1. The van der Waals surface area contributed by atoms with E-state index in [-0.39, 0.29) is 18.6 Å². The van der Waals surface area contributed by atoms with Crippen molar-refractivity contribution in [2.75, 3.05) is 5.32 Å². The molecule has 0 aliphatic heterocycles. The molecule has 2 aromatic carbocycles. The molecule has 0 spiro atoms. The summed E-state index contributed by atoms with van der Waals surface area (Å²) in [5.74, 6) is -1.07. The number of aryl methyl sites for hydroxylation is 1. The van der Waals surface area contributed by atoms with E-state index >= 15 is 0 Å². The maximum atomic E-state index is 12.4. The number of Topliss-reactive ketones (excluding diaryl/α,β-unsaturated/α-hetero) is 1. The first-order chi connectivity index (χ1) is 13.4. The molecule has 0 saturated heterocycles. The number of fused-ring (bicyclic) bond motifs is 1. The predicted octanol–water partition coefficient (Wildman–Crippen LogP) is 4.74. The molecule has 28 heavy (non-hydrogen) atoms. The van der Waals surface area contributed by atoms with Crippen LogP contribution in [0.25, 0.3) is 10.8 Å². The molecule has 6 heteroatoms. The highest BCUT2D eigenvalue weighted by Crippen LogP contribution is 2.23. The maximum absolute atomic E-state index is 12.4. The Balaban J connectivity index is 1.53. The summed E-state index contributed by atoms with van der Waals surface area (Å²) < 4.78 is 5.19. The van der Waals surface area contributed by atoms with Crippen molar-refractivity contribution >= 4 is 45.5 Å². The van der Waals surface area contributed by atoms with Crippen LogP contribution in [0.5, 0.6) is 0 Å². The van der Waals surface area contributed by atoms with E-state index in [4.69, 9.17) is 4.74 Å². The summed E-state index contributed by atoms with van der Waals surface area (Å²) in [5.41, 5.74) is 0.661. The van der Waals surface area contributed by atoms with E-state index in [9.17, 15) is 14.4 Å². The van der Waals surface area contributed by atoms with Crippen molar-refractivity contribution in [3.63, 3.8) is 0 Å². The summed E-state index contributed by atoms with van der Waals surface area (Å²) in [6.45, 7) is 3.44. The molecule has 3 aromatic rings. The zero-order valence-corrected chi connectivity index (χ0v) is 16.5. The molecule has 5 nitrogen and oxygen atoms in total. The molecule has 1 amide bonds. The molecule has 0 unspecified atom stereocenters. The van der Waals surface area contributed by atoms with Gasteiger partial charge in [-0.15, -0.1) is 11.3 Å². The first kappa shape index (κ1) is 19.8. The average molecular weight is 395 g/mol. The first-order valence-corrected chi connectivity index (χ1v) is 9.83. The fraction of sp³-hybridized carbons (Fsp3) is 0.227. The van der Waals surface area contributed by atoms with E-state index in [0.717, 1.165) is 15.6 Å². The van der Waals surface area contributed by atoms with E-state index in [2.05, 4.69) is 5.32 Å². The minimum atomic E-state index is -0.953. The van der Waals surface area contributed by atoms with Gasteiger partial charge in [-0.3, -0.25) is 14.4 Å². The van der Waals surface area contributed by atoms with Crippen LogP contribution in [0.3, 0.4) is 0 Å². The van der Waals surface area contributed by atoms with Crippen LogP contribution in [-0.2, 0) is 14.3 Å². The van der Waals surface area contributed by atoms with Gasteiger partial charge < -0.3 is 10.1 Å². The average Bonchev–Trinajstić information content (AvgIpc) is 3.13. The van der Waals surface area contributed by atoms with Crippen LogP contribution >= 0.6 is 11.3 Å². The molecule has 3 rings (SSSR count). The van der Waals surface area contributed by atoms with Gasteiger partial charge in [-0.2, -0.15) is 0 Å². The first-order valence-electron chi connectivity index (χ1n) is 9.02. The topological polar surface area (TPSA) is 72.5 Å². The van der Waals surface area contributed by atoms with Crippen LogP contribution in [0.4, 0.5) is 5.69 Å². The number of hydrogen-bond donors (Lipinski definition) is 1. The number of carbonyl (C=O) groups excluding carboxylic acids is 3. The van der Waals surface area contributed by atoms with E-state index in [0.29, 0.717) is 10.6 Å². The number of amides is 1. The minimum absolute atomic E-state index is 0.0539. The molecule has 0 radical (unpaired) electrons. The molecule has 1 aromatic heterocycles. The van der Waals surface area contributed by atoms with Gasteiger partial charge in [0.05, 0.1) is 11.3 Å². The van der Waals surface area contributed by atoms with Gasteiger partial charge in [0.1, 0.15) is 0 Å². The van der Waals surface area contributed by atoms with Gasteiger partial charge in [0.2, 0.25) is 0 Å². The Kier molecular flexibility index (Phi) is 6.21. The molecule has 0 fully saturated rings. The van der Waals surface area contributed by atoms with Crippen molar-refractivity contribution in [1.29, 1.82) is 0 Å². The Bertz CT molecular complexity index is 1020. The fourth-order valence-corrected chi connectivity index (χ4v) is 3.64. The standard InChI is InChI=1S/C22H21NO4S/c1-14-10-12-20(28-14)19(24)11-13-21(25)27-15(2)22(26)23-18-9-5-7-16-6-3-4-8-17(16)18/h3-10,12,15H,11,13H2,1-2H3,(H,23,26)/t15-/m1/s1. The summed E-state index contributed by atoms with van der Waals surface area (Å²) >= 11 is 1.40. The molecule has 1 N–H and O–H groups in total. The number of ketones is 1. The second-order valence-electron chi connectivity index (χ2n) is 6.48. The monoisotopic (exact) mass is 395 g/mol. The van der Waals surface area contributed by atoms with Gasteiger partial charge in [-0.25, -0.2) is 0 Å². The number of esters is 1. The van der Waals surface area contributed by atoms with Crippen molar-refractivity contribution in [2.45, 2.75) is 32.8 Å². The zero-order chi connectivity index (χ0) is 20.1. The third-order valence-electron chi connectivity index (χ3n) is 4.30. The van der Waals surface area contributed by atoms with Crippen LogP contribution in [0.15, 0.2) is 54.6 Å². The Morgan fingerprint density at radius 1 is 1.00 bits per heavy atom. The van der Waals surface area contributed by atoms with E-state index in [1.807, 2.05) is 49.4 Å². The van der Waals surface area contributed by atoms with Crippen LogP contribution in [-0.4, -0.2) is 23.8 Å². The normalized spacial score (nSPS) is 11.8. The second kappa shape index (κ2) is 8.80. The highest BCUT2D eigenvalue weighted by atomic mass is 32.1. The smallest absolute Gasteiger partial charge is 0.307 e. The lowest BCUT2D eigenvalue weighted by Gasteiger charge is -2.14. The van der Waals surface area contributed by atoms with Crippen molar-refractivity contribution < 1.29 is 19.1 Å². The molecule has 1 heterocycles. The van der Waals surface area contributed by atoms with Crippen LogP contribution < -0.4 is 5.32 Å². The van der Waals surface area contributed by atoms with Crippen LogP contribution in [0.2, 0.25) is 0 Å². The zero-order valence-electron chi connectivity index (χ0n) is 15.7. The Labute approximate surface area is 167 Å². The van der Waals surface area contributed by atoms with Gasteiger partial charge in [0.15, 0.2) is 11.9 Å². The number of rotatable bonds is 7.